The van der Waals surface area contributed by atoms with Gasteiger partial charge in [-0.15, -0.1) is 0 Å². The highest BCUT2D eigenvalue weighted by Gasteiger charge is 2.36. The van der Waals surface area contributed by atoms with Crippen molar-refractivity contribution in [1.29, 1.82) is 0 Å². The largest absolute Gasteiger partial charge is 0.416 e. The summed E-state index contributed by atoms with van der Waals surface area (Å²) in [6, 6.07) is 5.79. The molecule has 130 valence electrons. The molecule has 1 unspecified atom stereocenters. The maximum atomic E-state index is 13.4. The number of piperazine rings is 1. The molecule has 1 aliphatic heterocycles. The average Bonchev–Trinajstić information content (AvgIpc) is 2.56. The zero-order chi connectivity index (χ0) is 16.9. The van der Waals surface area contributed by atoms with E-state index in [1.54, 1.807) is 12.1 Å². The molecule has 2 rings (SSSR count). The lowest BCUT2D eigenvalue weighted by Gasteiger charge is -2.38. The van der Waals surface area contributed by atoms with Crippen LogP contribution in [0.15, 0.2) is 24.3 Å². The average molecular weight is 329 g/mol. The molecular weight excluding hydrogens is 303 g/mol. The van der Waals surface area contributed by atoms with E-state index in [-0.39, 0.29) is 6.04 Å². The van der Waals surface area contributed by atoms with Gasteiger partial charge in [-0.05, 0) is 24.7 Å². The first kappa shape index (κ1) is 18.2. The van der Waals surface area contributed by atoms with Crippen LogP contribution < -0.4 is 5.32 Å². The Bertz CT molecular complexity index is 480. The summed E-state index contributed by atoms with van der Waals surface area (Å²) in [5.41, 5.74) is -0.107. The first-order chi connectivity index (χ1) is 11.0. The third-order valence-electron chi connectivity index (χ3n) is 4.54. The summed E-state index contributed by atoms with van der Waals surface area (Å²) in [4.78, 5) is 4.37. The molecule has 0 spiro atoms. The van der Waals surface area contributed by atoms with E-state index in [0.717, 1.165) is 39.3 Å². The Labute approximate surface area is 136 Å². The molecule has 1 aromatic rings. The number of hydrogen-bond donors (Lipinski definition) is 1. The van der Waals surface area contributed by atoms with Gasteiger partial charge in [-0.3, -0.25) is 4.90 Å². The molecule has 0 aliphatic carbocycles. The molecular formula is C17H26F3N3. The molecule has 0 amide bonds. The van der Waals surface area contributed by atoms with E-state index < -0.39 is 11.7 Å². The zero-order valence-electron chi connectivity index (χ0n) is 13.9. The van der Waals surface area contributed by atoms with Gasteiger partial charge >= 0.3 is 6.18 Å². The lowest BCUT2D eigenvalue weighted by molar-refractivity contribution is -0.138. The van der Waals surface area contributed by atoms with Gasteiger partial charge in [0.25, 0.3) is 0 Å². The highest BCUT2D eigenvalue weighted by Crippen LogP contribution is 2.36. The van der Waals surface area contributed by atoms with Crippen molar-refractivity contribution in [3.05, 3.63) is 35.4 Å². The van der Waals surface area contributed by atoms with Gasteiger partial charge < -0.3 is 10.2 Å². The number of nitrogens with one attached hydrogen (secondary N) is 1. The quantitative estimate of drug-likeness (QED) is 0.866. The van der Waals surface area contributed by atoms with Gasteiger partial charge in [0.05, 0.1) is 5.56 Å². The molecule has 0 radical (unpaired) electrons. The van der Waals surface area contributed by atoms with Crippen LogP contribution in [0.3, 0.4) is 0 Å². The Morgan fingerprint density at radius 3 is 2.30 bits per heavy atom. The predicted octanol–water partition coefficient (Wildman–Crippen LogP) is 2.99. The number of nitrogens with zero attached hydrogens (tertiary/aromatic N) is 2. The van der Waals surface area contributed by atoms with Crippen molar-refractivity contribution in [3.63, 3.8) is 0 Å². The topological polar surface area (TPSA) is 18.5 Å². The summed E-state index contributed by atoms with van der Waals surface area (Å²) in [6.07, 6.45) is -4.31. The molecule has 6 heteroatoms. The first-order valence-corrected chi connectivity index (χ1v) is 8.30. The Morgan fingerprint density at radius 1 is 1.13 bits per heavy atom. The van der Waals surface area contributed by atoms with Crippen molar-refractivity contribution in [2.45, 2.75) is 26.1 Å². The lowest BCUT2D eigenvalue weighted by Crippen LogP contribution is -2.48. The van der Waals surface area contributed by atoms with E-state index in [4.69, 9.17) is 0 Å². The van der Waals surface area contributed by atoms with E-state index in [1.165, 1.54) is 12.1 Å². The number of likely N-dealkylation sites (N-methyl/N-ethyl adjacent to an activating group) is 1. The number of halogens is 3. The van der Waals surface area contributed by atoms with Crippen LogP contribution in [0.2, 0.25) is 0 Å². The minimum absolute atomic E-state index is 0.227. The number of alkyl halides is 3. The molecule has 1 fully saturated rings. The fourth-order valence-electron chi connectivity index (χ4n) is 3.18. The second kappa shape index (κ2) is 8.13. The molecule has 0 bridgehead atoms. The van der Waals surface area contributed by atoms with Crippen molar-refractivity contribution in [1.82, 2.24) is 15.1 Å². The maximum absolute atomic E-state index is 13.4. The van der Waals surface area contributed by atoms with Crippen LogP contribution in [-0.2, 0) is 6.18 Å². The van der Waals surface area contributed by atoms with Crippen molar-refractivity contribution >= 4 is 0 Å². The summed E-state index contributed by atoms with van der Waals surface area (Å²) in [5, 5.41) is 3.27. The Hall–Kier alpha value is -1.11. The van der Waals surface area contributed by atoms with Gasteiger partial charge in [0.15, 0.2) is 0 Å². The lowest BCUT2D eigenvalue weighted by atomic mass is 9.97. The summed E-state index contributed by atoms with van der Waals surface area (Å²) in [6.45, 7) is 9.60. The first-order valence-electron chi connectivity index (χ1n) is 8.30. The highest BCUT2D eigenvalue weighted by molar-refractivity contribution is 5.33. The third kappa shape index (κ3) is 4.68. The van der Waals surface area contributed by atoms with Crippen LogP contribution in [-0.4, -0.2) is 55.6 Å². The molecule has 23 heavy (non-hydrogen) atoms. The van der Waals surface area contributed by atoms with Crippen LogP contribution in [0.5, 0.6) is 0 Å². The minimum atomic E-state index is -4.31. The van der Waals surface area contributed by atoms with Crippen LogP contribution in [0.1, 0.15) is 31.0 Å². The SMILES string of the molecule is CCN(CC)CC(c1ccccc1C(F)(F)F)N1CCNCC1. The van der Waals surface area contributed by atoms with E-state index in [0.29, 0.717) is 12.1 Å². The molecule has 0 saturated carbocycles. The molecule has 3 nitrogen and oxygen atoms in total. The second-order valence-electron chi connectivity index (χ2n) is 5.87. The van der Waals surface area contributed by atoms with Crippen molar-refractivity contribution in [3.8, 4) is 0 Å². The van der Waals surface area contributed by atoms with Gasteiger partial charge in [0.1, 0.15) is 0 Å². The van der Waals surface area contributed by atoms with Crippen molar-refractivity contribution in [2.75, 3.05) is 45.8 Å². The summed E-state index contributed by atoms with van der Waals surface area (Å²) in [5.74, 6) is 0. The van der Waals surface area contributed by atoms with Crippen LogP contribution in [0.4, 0.5) is 13.2 Å². The monoisotopic (exact) mass is 329 g/mol. The molecule has 1 heterocycles. The third-order valence-corrected chi connectivity index (χ3v) is 4.54. The highest BCUT2D eigenvalue weighted by atomic mass is 19.4. The van der Waals surface area contributed by atoms with E-state index in [1.807, 2.05) is 13.8 Å². The fraction of sp³-hybridized carbons (Fsp3) is 0.647. The summed E-state index contributed by atoms with van der Waals surface area (Å²) >= 11 is 0. The molecule has 0 aromatic heterocycles. The molecule has 1 aromatic carbocycles. The minimum Gasteiger partial charge on any atom is -0.314 e. The van der Waals surface area contributed by atoms with E-state index in [9.17, 15) is 13.2 Å². The van der Waals surface area contributed by atoms with Gasteiger partial charge in [-0.2, -0.15) is 13.2 Å². The van der Waals surface area contributed by atoms with E-state index in [2.05, 4.69) is 15.1 Å². The normalized spacial score (nSPS) is 18.3. The summed E-state index contributed by atoms with van der Waals surface area (Å²) in [7, 11) is 0. The maximum Gasteiger partial charge on any atom is 0.416 e. The molecule has 1 N–H and O–H groups in total. The van der Waals surface area contributed by atoms with Crippen molar-refractivity contribution < 1.29 is 13.2 Å². The van der Waals surface area contributed by atoms with Gasteiger partial charge in [0.2, 0.25) is 0 Å². The number of rotatable bonds is 6. The molecule has 1 saturated heterocycles. The smallest absolute Gasteiger partial charge is 0.314 e. The Kier molecular flexibility index (Phi) is 6.44. The summed E-state index contributed by atoms with van der Waals surface area (Å²) < 4.78 is 40.3. The van der Waals surface area contributed by atoms with Crippen LogP contribution in [0, 0.1) is 0 Å². The second-order valence-corrected chi connectivity index (χ2v) is 5.87. The molecule has 1 atom stereocenters. The Morgan fingerprint density at radius 2 is 1.74 bits per heavy atom. The molecule has 1 aliphatic rings. The number of benzene rings is 1. The van der Waals surface area contributed by atoms with Gasteiger partial charge in [-0.1, -0.05) is 32.0 Å². The van der Waals surface area contributed by atoms with Crippen LogP contribution in [0.25, 0.3) is 0 Å². The zero-order valence-corrected chi connectivity index (χ0v) is 13.9. The van der Waals surface area contributed by atoms with Crippen LogP contribution >= 0.6 is 0 Å². The fourth-order valence-corrected chi connectivity index (χ4v) is 3.18. The van der Waals surface area contributed by atoms with E-state index >= 15 is 0 Å². The van der Waals surface area contributed by atoms with Gasteiger partial charge in [-0.25, -0.2) is 0 Å². The van der Waals surface area contributed by atoms with Crippen molar-refractivity contribution in [2.24, 2.45) is 0 Å². The standard InChI is InChI=1S/C17H26F3N3/c1-3-22(4-2)13-16(23-11-9-21-10-12-23)14-7-5-6-8-15(14)17(18,19)20/h5-8,16,21H,3-4,9-13H2,1-2H3. The Balaban J connectivity index is 2.36. The van der Waals surface area contributed by atoms with Gasteiger partial charge in [0, 0.05) is 38.8 Å². The predicted molar refractivity (Wildman–Crippen MR) is 86.4 cm³/mol. The number of hydrogen-bond acceptors (Lipinski definition) is 3.